The molecule has 0 unspecified atom stereocenters. The summed E-state index contributed by atoms with van der Waals surface area (Å²) in [4.78, 5) is 64.8. The van der Waals surface area contributed by atoms with Gasteiger partial charge in [-0.1, -0.05) is 6.07 Å². The number of carbonyl (C=O) groups is 5. The van der Waals surface area contributed by atoms with E-state index in [9.17, 15) is 44.4 Å². The topological polar surface area (TPSA) is 212 Å². The summed E-state index contributed by atoms with van der Waals surface area (Å²) in [6, 6.07) is 9.39. The molecule has 224 valence electrons. The quantitative estimate of drug-likeness (QED) is 0.171. The van der Waals surface area contributed by atoms with E-state index in [0.29, 0.717) is 0 Å². The molecule has 14 nitrogen and oxygen atoms in total. The van der Waals surface area contributed by atoms with E-state index >= 15 is 0 Å². The molecule has 0 saturated carbocycles. The van der Waals surface area contributed by atoms with E-state index in [1.54, 1.807) is 0 Å². The van der Waals surface area contributed by atoms with Crippen molar-refractivity contribution in [3.05, 3.63) is 82.4 Å². The first-order valence-electron chi connectivity index (χ1n) is 12.7. The number of phenolic OH excluding ortho intramolecular Hbond substituents is 4. The number of hydrogen-bond donors (Lipinski definition) is 6. The van der Waals surface area contributed by atoms with Crippen LogP contribution in [0.25, 0.3) is 0 Å². The van der Waals surface area contributed by atoms with E-state index in [1.165, 1.54) is 48.3 Å². The van der Waals surface area contributed by atoms with Crippen molar-refractivity contribution in [1.29, 1.82) is 0 Å². The van der Waals surface area contributed by atoms with Gasteiger partial charge in [0.1, 0.15) is 34.7 Å². The van der Waals surface area contributed by atoms with Crippen molar-refractivity contribution in [1.82, 2.24) is 15.5 Å². The third-order valence-electron chi connectivity index (χ3n) is 6.71. The zero-order valence-electron chi connectivity index (χ0n) is 22.9. The van der Waals surface area contributed by atoms with E-state index in [-0.39, 0.29) is 35.5 Å². The molecule has 4 rings (SSSR count). The van der Waals surface area contributed by atoms with Gasteiger partial charge in [-0.2, -0.15) is 0 Å². The molecule has 0 aromatic heterocycles. The highest BCUT2D eigenvalue weighted by atomic mass is 16.5. The van der Waals surface area contributed by atoms with Crippen LogP contribution in [0.2, 0.25) is 0 Å². The van der Waals surface area contributed by atoms with Crippen LogP contribution in [0, 0.1) is 0 Å². The molecule has 3 aromatic carbocycles. The highest BCUT2D eigenvalue weighted by molar-refractivity contribution is 6.18. The third-order valence-corrected chi connectivity index (χ3v) is 6.71. The molecule has 43 heavy (non-hydrogen) atoms. The van der Waals surface area contributed by atoms with Crippen LogP contribution < -0.4 is 10.6 Å². The van der Waals surface area contributed by atoms with Crippen LogP contribution in [-0.2, 0) is 9.47 Å². The molecule has 3 amide bonds. The Hall–Kier alpha value is -5.79. The molecule has 1 fully saturated rings. The predicted molar refractivity (Wildman–Crippen MR) is 147 cm³/mol. The van der Waals surface area contributed by atoms with Crippen molar-refractivity contribution in [2.24, 2.45) is 0 Å². The lowest BCUT2D eigenvalue weighted by atomic mass is 9.95. The van der Waals surface area contributed by atoms with E-state index < -0.39 is 70.2 Å². The number of hydrogen-bond acceptors (Lipinski definition) is 11. The Bertz CT molecular complexity index is 1580. The average molecular weight is 594 g/mol. The lowest BCUT2D eigenvalue weighted by Gasteiger charge is -2.20. The standard InChI is InChI=1S/C29H27N3O11/c1-30-29(41)32-12-18(31-26(38)14-6-8-16(33)9-7-14)22(13-32)43-27(39)15-10-20(35)24(21(36)11-15)25(37)23-17(28(40)42-2)4-3-5-19(23)34/h3-11,18,22,33-36H,12-13H2,1-2H3,(H,30,41)(H,31,38)/t18-,22-/m0/s1. The number of aromatic hydroxyl groups is 4. The Balaban J connectivity index is 1.58. The molecule has 2 atom stereocenters. The molecule has 1 aliphatic rings. The van der Waals surface area contributed by atoms with Gasteiger partial charge in [0.05, 0.1) is 36.4 Å². The van der Waals surface area contributed by atoms with Crippen LogP contribution in [0.3, 0.4) is 0 Å². The second-order valence-corrected chi connectivity index (χ2v) is 9.44. The highest BCUT2D eigenvalue weighted by Gasteiger charge is 2.39. The van der Waals surface area contributed by atoms with Crippen molar-refractivity contribution >= 4 is 29.7 Å². The molecule has 0 aliphatic carbocycles. The fourth-order valence-corrected chi connectivity index (χ4v) is 4.57. The van der Waals surface area contributed by atoms with Crippen molar-refractivity contribution in [2.45, 2.75) is 12.1 Å². The molecule has 0 radical (unpaired) electrons. The summed E-state index contributed by atoms with van der Waals surface area (Å²) >= 11 is 0. The zero-order chi connectivity index (χ0) is 31.4. The first-order valence-corrected chi connectivity index (χ1v) is 12.7. The second kappa shape index (κ2) is 12.4. The molecule has 14 heteroatoms. The molecular formula is C29H27N3O11. The number of nitrogens with zero attached hydrogens (tertiary/aromatic N) is 1. The maximum atomic E-state index is 13.2. The van der Waals surface area contributed by atoms with Gasteiger partial charge in [-0.25, -0.2) is 14.4 Å². The normalized spacial score (nSPS) is 15.8. The number of esters is 2. The number of ketones is 1. The summed E-state index contributed by atoms with van der Waals surface area (Å²) in [7, 11) is 2.47. The fourth-order valence-electron chi connectivity index (χ4n) is 4.57. The number of likely N-dealkylation sites (tertiary alicyclic amines) is 1. The van der Waals surface area contributed by atoms with E-state index in [0.717, 1.165) is 25.3 Å². The molecule has 1 saturated heterocycles. The molecular weight excluding hydrogens is 566 g/mol. The third kappa shape index (κ3) is 6.27. The minimum Gasteiger partial charge on any atom is -0.508 e. The van der Waals surface area contributed by atoms with Crippen LogP contribution in [-0.4, -0.2) is 94.4 Å². The van der Waals surface area contributed by atoms with Gasteiger partial charge in [0.2, 0.25) is 5.78 Å². The molecule has 0 spiro atoms. The number of benzene rings is 3. The number of phenols is 4. The lowest BCUT2D eigenvalue weighted by molar-refractivity contribution is 0.0270. The maximum Gasteiger partial charge on any atom is 0.338 e. The van der Waals surface area contributed by atoms with Crippen molar-refractivity contribution in [3.63, 3.8) is 0 Å². The zero-order valence-corrected chi connectivity index (χ0v) is 22.9. The Labute approximate surface area is 244 Å². The summed E-state index contributed by atoms with van der Waals surface area (Å²) in [6.07, 6.45) is -1.06. The Morgan fingerprint density at radius 2 is 1.47 bits per heavy atom. The Morgan fingerprint density at radius 3 is 2.07 bits per heavy atom. The van der Waals surface area contributed by atoms with E-state index in [1.807, 2.05) is 0 Å². The predicted octanol–water partition coefficient (Wildman–Crippen LogP) is 1.51. The maximum absolute atomic E-state index is 13.2. The molecule has 1 heterocycles. The number of rotatable bonds is 7. The van der Waals surface area contributed by atoms with Gasteiger partial charge >= 0.3 is 18.0 Å². The minimum atomic E-state index is -1.12. The van der Waals surface area contributed by atoms with Crippen molar-refractivity contribution < 1.29 is 53.9 Å². The number of nitrogens with one attached hydrogen (secondary N) is 2. The summed E-state index contributed by atoms with van der Waals surface area (Å²) < 4.78 is 10.2. The smallest absolute Gasteiger partial charge is 0.338 e. The lowest BCUT2D eigenvalue weighted by Crippen LogP contribution is -2.45. The van der Waals surface area contributed by atoms with Gasteiger partial charge in [0.15, 0.2) is 0 Å². The van der Waals surface area contributed by atoms with Gasteiger partial charge in [-0.05, 0) is 48.5 Å². The van der Waals surface area contributed by atoms with Gasteiger partial charge in [0, 0.05) is 19.2 Å². The summed E-state index contributed by atoms with van der Waals surface area (Å²) in [6.45, 7) is -0.126. The van der Waals surface area contributed by atoms with Gasteiger partial charge in [-0.3, -0.25) is 9.59 Å². The highest BCUT2D eigenvalue weighted by Crippen LogP contribution is 2.35. The molecule has 0 bridgehead atoms. The number of carbonyl (C=O) groups excluding carboxylic acids is 5. The minimum absolute atomic E-state index is 0.0194. The Kier molecular flexibility index (Phi) is 8.69. The van der Waals surface area contributed by atoms with Gasteiger partial charge in [-0.15, -0.1) is 0 Å². The molecule has 3 aromatic rings. The summed E-state index contributed by atoms with van der Waals surface area (Å²) in [5.74, 6) is -6.06. The van der Waals surface area contributed by atoms with Crippen molar-refractivity contribution in [3.8, 4) is 23.0 Å². The van der Waals surface area contributed by atoms with Gasteiger partial charge in [0.25, 0.3) is 5.91 Å². The first-order chi connectivity index (χ1) is 20.4. The Morgan fingerprint density at radius 1 is 0.814 bits per heavy atom. The van der Waals surface area contributed by atoms with Crippen LogP contribution in [0.5, 0.6) is 23.0 Å². The van der Waals surface area contributed by atoms with E-state index in [2.05, 4.69) is 15.4 Å². The van der Waals surface area contributed by atoms with Crippen LogP contribution in [0.4, 0.5) is 4.79 Å². The monoisotopic (exact) mass is 593 g/mol. The first kappa shape index (κ1) is 30.2. The number of urea groups is 1. The molecule has 6 N–H and O–H groups in total. The van der Waals surface area contributed by atoms with Crippen LogP contribution in [0.15, 0.2) is 54.6 Å². The fraction of sp³-hybridized carbons (Fsp3) is 0.207. The van der Waals surface area contributed by atoms with E-state index in [4.69, 9.17) is 4.74 Å². The van der Waals surface area contributed by atoms with Crippen LogP contribution in [0.1, 0.15) is 47.0 Å². The molecule has 1 aliphatic heterocycles. The van der Waals surface area contributed by atoms with Gasteiger partial charge < -0.3 is 45.4 Å². The SMILES string of the molecule is CNC(=O)N1C[C@H](NC(=O)c2ccc(O)cc2)[C@@H](OC(=O)c2cc(O)c(C(=O)c3c(O)cccc3C(=O)OC)c(O)c2)C1. The number of methoxy groups -OCH3 is 1. The van der Waals surface area contributed by atoms with Crippen molar-refractivity contribution in [2.75, 3.05) is 27.2 Å². The second-order valence-electron chi connectivity index (χ2n) is 9.44. The number of amides is 3. The van der Waals surface area contributed by atoms with Crippen LogP contribution >= 0.6 is 0 Å². The largest absolute Gasteiger partial charge is 0.508 e. The summed E-state index contributed by atoms with van der Waals surface area (Å²) in [5, 5.41) is 46.1. The summed E-state index contributed by atoms with van der Waals surface area (Å²) in [5.41, 5.74) is -1.73. The number of ether oxygens (including phenoxy) is 2. The average Bonchev–Trinajstić information content (AvgIpc) is 3.37.